The van der Waals surface area contributed by atoms with Crippen LogP contribution in [-0.4, -0.2) is 37.4 Å². The Balaban J connectivity index is 1.78. The lowest BCUT2D eigenvalue weighted by Crippen LogP contribution is -2.34. The van der Waals surface area contributed by atoms with E-state index in [-0.39, 0.29) is 24.3 Å². The van der Waals surface area contributed by atoms with E-state index in [2.05, 4.69) is 16.0 Å². The van der Waals surface area contributed by atoms with Crippen LogP contribution >= 0.6 is 23.2 Å². The molecule has 2 rings (SSSR count). The Bertz CT molecular complexity index is 873. The zero-order chi connectivity index (χ0) is 21.2. The van der Waals surface area contributed by atoms with Crippen LogP contribution in [0.1, 0.15) is 23.7 Å². The number of hydrogen-bond acceptors (Lipinski definition) is 4. The molecule has 2 aromatic rings. The second-order valence-corrected chi connectivity index (χ2v) is 6.79. The monoisotopic (exact) mass is 437 g/mol. The van der Waals surface area contributed by atoms with E-state index in [4.69, 9.17) is 27.9 Å². The van der Waals surface area contributed by atoms with E-state index in [1.54, 1.807) is 43.3 Å². The minimum absolute atomic E-state index is 0.0679. The van der Waals surface area contributed by atoms with Gasteiger partial charge in [0.05, 0.1) is 5.02 Å². The van der Waals surface area contributed by atoms with E-state index in [0.717, 1.165) is 0 Å². The fraction of sp³-hybridized carbons (Fsp3) is 0.250. The first-order valence-corrected chi connectivity index (χ1v) is 9.67. The molecule has 0 heterocycles. The van der Waals surface area contributed by atoms with Crippen molar-refractivity contribution in [3.8, 4) is 5.75 Å². The van der Waals surface area contributed by atoms with Crippen LogP contribution in [0.3, 0.4) is 0 Å². The van der Waals surface area contributed by atoms with E-state index in [1.807, 2.05) is 0 Å². The summed E-state index contributed by atoms with van der Waals surface area (Å²) in [6, 6.07) is 11.1. The number of rotatable bonds is 9. The zero-order valence-corrected chi connectivity index (χ0v) is 17.3. The molecule has 3 amide bonds. The molecular formula is C20H21Cl2N3O4. The van der Waals surface area contributed by atoms with E-state index in [0.29, 0.717) is 46.6 Å². The molecule has 0 spiro atoms. The van der Waals surface area contributed by atoms with Gasteiger partial charge in [0, 0.05) is 35.8 Å². The summed E-state index contributed by atoms with van der Waals surface area (Å²) in [5, 5.41) is 8.83. The van der Waals surface area contributed by atoms with Gasteiger partial charge in [0.2, 0.25) is 5.91 Å². The lowest BCUT2D eigenvalue weighted by Gasteiger charge is -2.10. The van der Waals surface area contributed by atoms with Gasteiger partial charge in [0.1, 0.15) is 5.75 Å². The summed E-state index contributed by atoms with van der Waals surface area (Å²) in [6.07, 6.45) is 0.402. The van der Waals surface area contributed by atoms with Crippen molar-refractivity contribution in [3.63, 3.8) is 0 Å². The van der Waals surface area contributed by atoms with E-state index >= 15 is 0 Å². The largest absolute Gasteiger partial charge is 0.482 e. The van der Waals surface area contributed by atoms with Gasteiger partial charge in [-0.3, -0.25) is 14.4 Å². The third-order valence-corrected chi connectivity index (χ3v) is 4.27. The van der Waals surface area contributed by atoms with E-state index in [9.17, 15) is 14.4 Å². The van der Waals surface area contributed by atoms with Gasteiger partial charge in [-0.25, -0.2) is 0 Å². The van der Waals surface area contributed by atoms with Gasteiger partial charge in [-0.1, -0.05) is 30.1 Å². The Morgan fingerprint density at radius 1 is 0.931 bits per heavy atom. The summed E-state index contributed by atoms with van der Waals surface area (Å²) in [5.74, 6) is -0.357. The Hall–Kier alpha value is -2.77. The average molecular weight is 438 g/mol. The Morgan fingerprint density at radius 2 is 1.62 bits per heavy atom. The number of carbonyl (C=O) groups excluding carboxylic acids is 3. The summed E-state index contributed by atoms with van der Waals surface area (Å²) in [5.41, 5.74) is 0.960. The van der Waals surface area contributed by atoms with E-state index < -0.39 is 0 Å². The molecule has 0 fully saturated rings. The molecular weight excluding hydrogens is 417 g/mol. The van der Waals surface area contributed by atoms with Crippen molar-refractivity contribution in [2.75, 3.05) is 25.0 Å². The number of anilines is 1. The minimum atomic E-state index is -0.375. The van der Waals surface area contributed by atoms with Gasteiger partial charge in [-0.2, -0.15) is 0 Å². The first-order valence-electron chi connectivity index (χ1n) is 8.91. The highest BCUT2D eigenvalue weighted by atomic mass is 35.5. The van der Waals surface area contributed by atoms with Crippen molar-refractivity contribution in [2.45, 2.75) is 13.3 Å². The number of amides is 3. The maximum atomic E-state index is 12.1. The molecule has 2 aromatic carbocycles. The third-order valence-electron chi connectivity index (χ3n) is 3.74. The van der Waals surface area contributed by atoms with Crippen molar-refractivity contribution >= 4 is 46.6 Å². The molecule has 0 aliphatic heterocycles. The van der Waals surface area contributed by atoms with Gasteiger partial charge in [-0.15, -0.1) is 0 Å². The number of hydrogen-bond donors (Lipinski definition) is 3. The number of nitrogens with one attached hydrogen (secondary N) is 3. The highest BCUT2D eigenvalue weighted by Crippen LogP contribution is 2.27. The van der Waals surface area contributed by atoms with Crippen molar-refractivity contribution in [1.29, 1.82) is 0 Å². The average Bonchev–Trinajstić information content (AvgIpc) is 2.70. The van der Waals surface area contributed by atoms with Gasteiger partial charge >= 0.3 is 0 Å². The maximum absolute atomic E-state index is 12.1. The molecule has 0 saturated heterocycles. The predicted octanol–water partition coefficient (Wildman–Crippen LogP) is 3.27. The van der Waals surface area contributed by atoms with Gasteiger partial charge in [0.15, 0.2) is 6.61 Å². The molecule has 29 heavy (non-hydrogen) atoms. The molecule has 9 heteroatoms. The smallest absolute Gasteiger partial charge is 0.262 e. The van der Waals surface area contributed by atoms with Crippen molar-refractivity contribution < 1.29 is 19.1 Å². The number of halogens is 2. The molecule has 7 nitrogen and oxygen atoms in total. The van der Waals surface area contributed by atoms with Crippen LogP contribution in [0.25, 0.3) is 0 Å². The van der Waals surface area contributed by atoms with Crippen LogP contribution in [0, 0.1) is 0 Å². The van der Waals surface area contributed by atoms with Crippen LogP contribution < -0.4 is 20.7 Å². The first kappa shape index (κ1) is 22.5. The minimum Gasteiger partial charge on any atom is -0.482 e. The van der Waals surface area contributed by atoms with Crippen LogP contribution in [-0.2, 0) is 9.59 Å². The van der Waals surface area contributed by atoms with Gasteiger partial charge < -0.3 is 20.7 Å². The normalized spacial score (nSPS) is 10.2. The molecule has 3 N–H and O–H groups in total. The maximum Gasteiger partial charge on any atom is 0.262 e. The fourth-order valence-electron chi connectivity index (χ4n) is 2.24. The molecule has 0 aliphatic rings. The molecule has 0 radical (unpaired) electrons. The quantitative estimate of drug-likeness (QED) is 0.524. The van der Waals surface area contributed by atoms with Gasteiger partial charge in [-0.05, 0) is 42.5 Å². The summed E-state index contributed by atoms with van der Waals surface area (Å²) < 4.78 is 5.37. The molecule has 0 bridgehead atoms. The lowest BCUT2D eigenvalue weighted by molar-refractivity contribution is -0.120. The van der Waals surface area contributed by atoms with Gasteiger partial charge in [0.25, 0.3) is 11.8 Å². The predicted molar refractivity (Wildman–Crippen MR) is 113 cm³/mol. The molecule has 0 aromatic heterocycles. The zero-order valence-electron chi connectivity index (χ0n) is 15.8. The summed E-state index contributed by atoms with van der Waals surface area (Å²) in [6.45, 7) is 2.22. The van der Waals surface area contributed by atoms with E-state index in [1.165, 1.54) is 6.07 Å². The van der Waals surface area contributed by atoms with Crippen molar-refractivity contribution in [1.82, 2.24) is 10.6 Å². The Labute approximate surface area is 178 Å². The summed E-state index contributed by atoms with van der Waals surface area (Å²) >= 11 is 11.8. The fourth-order valence-corrected chi connectivity index (χ4v) is 2.71. The second kappa shape index (κ2) is 11.3. The topological polar surface area (TPSA) is 96.5 Å². The first-order chi connectivity index (χ1) is 13.9. The summed E-state index contributed by atoms with van der Waals surface area (Å²) in [7, 11) is 0. The Kier molecular flexibility index (Phi) is 8.76. The van der Waals surface area contributed by atoms with Crippen LogP contribution in [0.5, 0.6) is 5.75 Å². The Morgan fingerprint density at radius 3 is 2.28 bits per heavy atom. The number of benzene rings is 2. The van der Waals surface area contributed by atoms with Crippen LogP contribution in [0.15, 0.2) is 42.5 Å². The highest BCUT2D eigenvalue weighted by Gasteiger charge is 2.09. The standard InChI is InChI=1S/C20H21Cl2N3O4/c1-2-18(26)23-9-10-24-20(28)13-3-6-15(7-4-13)25-19(27)12-29-17-8-5-14(21)11-16(17)22/h3-8,11H,2,9-10,12H2,1H3,(H,23,26)(H,24,28)(H,25,27). The van der Waals surface area contributed by atoms with Crippen molar-refractivity contribution in [3.05, 3.63) is 58.1 Å². The molecule has 0 atom stereocenters. The number of ether oxygens (including phenoxy) is 1. The summed E-state index contributed by atoms with van der Waals surface area (Å²) in [4.78, 5) is 35.2. The molecule has 0 aliphatic carbocycles. The number of carbonyl (C=O) groups is 3. The van der Waals surface area contributed by atoms with Crippen LogP contribution in [0.4, 0.5) is 5.69 Å². The molecule has 154 valence electrons. The SMILES string of the molecule is CCC(=O)NCCNC(=O)c1ccc(NC(=O)COc2ccc(Cl)cc2Cl)cc1. The third kappa shape index (κ3) is 7.63. The highest BCUT2D eigenvalue weighted by molar-refractivity contribution is 6.35. The molecule has 0 unspecified atom stereocenters. The lowest BCUT2D eigenvalue weighted by atomic mass is 10.2. The molecule has 0 saturated carbocycles. The van der Waals surface area contributed by atoms with Crippen molar-refractivity contribution in [2.24, 2.45) is 0 Å². The second-order valence-electron chi connectivity index (χ2n) is 5.95. The van der Waals surface area contributed by atoms with Crippen LogP contribution in [0.2, 0.25) is 10.0 Å².